The number of furan rings is 1. The van der Waals surface area contributed by atoms with Crippen molar-refractivity contribution in [2.75, 3.05) is 5.32 Å². The van der Waals surface area contributed by atoms with Gasteiger partial charge in [0.15, 0.2) is 0 Å². The lowest BCUT2D eigenvalue weighted by atomic mass is 10.0. The molecule has 1 atom stereocenters. The van der Waals surface area contributed by atoms with Gasteiger partial charge in [-0.2, -0.15) is 0 Å². The molecular weight excluding hydrogens is 516 g/mol. The number of hydrogen-bond donors (Lipinski definition) is 2. The number of carbonyl (C=O) groups excluding carboxylic acids is 3. The van der Waals surface area contributed by atoms with Crippen molar-refractivity contribution in [3.8, 4) is 0 Å². The molecule has 204 valence electrons. The third kappa shape index (κ3) is 7.50. The Morgan fingerprint density at radius 3 is 2.40 bits per heavy atom. The van der Waals surface area contributed by atoms with Gasteiger partial charge in [-0.25, -0.2) is 8.78 Å². The standard InChI is InChI=1S/C31H27F2N3O4/c1-21-6-4-8-25(18-21)35-28(37)15-16-29(38)36(20-23-7-2-3-10-27(23)33)30(22-11-13-24(32)14-12-22)31(39)34-19-26-9-5-17-40-26/h2-18,30H,19-20H2,1H3,(H,34,39)(H,35,37)/b16-15-/t30-/m1/s1. The highest BCUT2D eigenvalue weighted by Gasteiger charge is 2.31. The molecule has 9 heteroatoms. The maximum absolute atomic E-state index is 14.7. The van der Waals surface area contributed by atoms with Gasteiger partial charge in [0.25, 0.3) is 0 Å². The Balaban J connectivity index is 1.65. The van der Waals surface area contributed by atoms with Crippen LogP contribution in [0.15, 0.2) is 108 Å². The van der Waals surface area contributed by atoms with Gasteiger partial charge in [0, 0.05) is 23.4 Å². The quantitative estimate of drug-likeness (QED) is 0.260. The summed E-state index contributed by atoms with van der Waals surface area (Å²) in [4.78, 5) is 40.7. The fourth-order valence-corrected chi connectivity index (χ4v) is 4.06. The largest absolute Gasteiger partial charge is 0.467 e. The van der Waals surface area contributed by atoms with Crippen molar-refractivity contribution >= 4 is 23.4 Å². The van der Waals surface area contributed by atoms with Crippen molar-refractivity contribution in [2.45, 2.75) is 26.1 Å². The van der Waals surface area contributed by atoms with Gasteiger partial charge in [-0.1, -0.05) is 42.5 Å². The highest BCUT2D eigenvalue weighted by Crippen LogP contribution is 2.26. The fourth-order valence-electron chi connectivity index (χ4n) is 4.06. The zero-order chi connectivity index (χ0) is 28.5. The summed E-state index contributed by atoms with van der Waals surface area (Å²) in [5.74, 6) is -2.53. The van der Waals surface area contributed by atoms with Gasteiger partial charge in [0.1, 0.15) is 23.4 Å². The van der Waals surface area contributed by atoms with Crippen molar-refractivity contribution in [1.82, 2.24) is 10.2 Å². The molecule has 0 spiro atoms. The molecule has 3 aromatic carbocycles. The SMILES string of the molecule is Cc1cccc(NC(=O)/C=C\C(=O)N(Cc2ccccc2F)[C@@H](C(=O)NCc2ccco2)c2ccc(F)cc2)c1. The third-order valence-electron chi connectivity index (χ3n) is 6.01. The first kappa shape index (κ1) is 28.0. The molecule has 4 rings (SSSR count). The van der Waals surface area contributed by atoms with Gasteiger partial charge >= 0.3 is 0 Å². The highest BCUT2D eigenvalue weighted by molar-refractivity contribution is 6.04. The molecule has 0 aliphatic carbocycles. The van der Waals surface area contributed by atoms with Crippen LogP contribution in [0.2, 0.25) is 0 Å². The summed E-state index contributed by atoms with van der Waals surface area (Å²) in [7, 11) is 0. The average Bonchev–Trinajstić information content (AvgIpc) is 3.46. The van der Waals surface area contributed by atoms with Crippen LogP contribution in [-0.4, -0.2) is 22.6 Å². The molecule has 4 aromatic rings. The summed E-state index contributed by atoms with van der Waals surface area (Å²) in [5.41, 5.74) is 1.93. The molecular formula is C31H27F2N3O4. The Bertz CT molecular complexity index is 1500. The van der Waals surface area contributed by atoms with Crippen molar-refractivity contribution < 1.29 is 27.6 Å². The first-order chi connectivity index (χ1) is 19.3. The normalized spacial score (nSPS) is 11.7. The molecule has 1 aromatic heterocycles. The van der Waals surface area contributed by atoms with E-state index in [2.05, 4.69) is 10.6 Å². The number of hydrogen-bond acceptors (Lipinski definition) is 4. The minimum atomic E-state index is -1.29. The van der Waals surface area contributed by atoms with Crippen LogP contribution in [0, 0.1) is 18.6 Å². The van der Waals surface area contributed by atoms with Gasteiger partial charge in [-0.3, -0.25) is 14.4 Å². The van der Waals surface area contributed by atoms with E-state index in [0.717, 1.165) is 22.6 Å². The molecule has 7 nitrogen and oxygen atoms in total. The maximum atomic E-state index is 14.7. The van der Waals surface area contributed by atoms with Crippen LogP contribution in [0.5, 0.6) is 0 Å². The molecule has 40 heavy (non-hydrogen) atoms. The minimum absolute atomic E-state index is 0.0278. The molecule has 0 fully saturated rings. The lowest BCUT2D eigenvalue weighted by molar-refractivity contribution is -0.138. The number of amides is 3. The van der Waals surface area contributed by atoms with E-state index < -0.39 is 35.4 Å². The Morgan fingerprint density at radius 1 is 0.925 bits per heavy atom. The number of nitrogens with one attached hydrogen (secondary N) is 2. The van der Waals surface area contributed by atoms with Crippen LogP contribution in [0.4, 0.5) is 14.5 Å². The molecule has 0 saturated heterocycles. The second kappa shape index (κ2) is 13.1. The van der Waals surface area contributed by atoms with Gasteiger partial charge in [-0.05, 0) is 60.5 Å². The van der Waals surface area contributed by atoms with Crippen LogP contribution in [0.3, 0.4) is 0 Å². The van der Waals surface area contributed by atoms with E-state index in [4.69, 9.17) is 4.42 Å². The summed E-state index contributed by atoms with van der Waals surface area (Å²) in [6.45, 7) is 1.60. The van der Waals surface area contributed by atoms with Gasteiger partial charge in [-0.15, -0.1) is 0 Å². The van der Waals surface area contributed by atoms with E-state index >= 15 is 0 Å². The third-order valence-corrected chi connectivity index (χ3v) is 6.01. The molecule has 2 N–H and O–H groups in total. The molecule has 0 radical (unpaired) electrons. The monoisotopic (exact) mass is 543 g/mol. The molecule has 1 heterocycles. The van der Waals surface area contributed by atoms with Gasteiger partial charge < -0.3 is 20.0 Å². The number of rotatable bonds is 10. The summed E-state index contributed by atoms with van der Waals surface area (Å²) in [6.07, 6.45) is 3.52. The Kier molecular flexibility index (Phi) is 9.19. The summed E-state index contributed by atoms with van der Waals surface area (Å²) >= 11 is 0. The summed E-state index contributed by atoms with van der Waals surface area (Å²) in [5, 5.41) is 5.39. The number of nitrogens with zero attached hydrogens (tertiary/aromatic N) is 1. The van der Waals surface area contributed by atoms with Crippen molar-refractivity contribution in [3.05, 3.63) is 137 Å². The summed E-state index contributed by atoms with van der Waals surface area (Å²) in [6, 6.07) is 20.1. The maximum Gasteiger partial charge on any atom is 0.248 e. The molecule has 0 bridgehead atoms. The molecule has 0 saturated carbocycles. The lowest BCUT2D eigenvalue weighted by Crippen LogP contribution is -2.43. The Hall–Kier alpha value is -5.05. The predicted octanol–water partition coefficient (Wildman–Crippen LogP) is 5.45. The van der Waals surface area contributed by atoms with Crippen molar-refractivity contribution in [2.24, 2.45) is 0 Å². The Morgan fingerprint density at radius 2 is 1.70 bits per heavy atom. The van der Waals surface area contributed by atoms with Crippen LogP contribution < -0.4 is 10.6 Å². The first-order valence-electron chi connectivity index (χ1n) is 12.5. The average molecular weight is 544 g/mol. The second-order valence-corrected chi connectivity index (χ2v) is 9.00. The lowest BCUT2D eigenvalue weighted by Gasteiger charge is -2.31. The van der Waals surface area contributed by atoms with Gasteiger partial charge in [0.05, 0.1) is 19.4 Å². The van der Waals surface area contributed by atoms with E-state index in [-0.39, 0.29) is 18.7 Å². The first-order valence-corrected chi connectivity index (χ1v) is 12.5. The van der Waals surface area contributed by atoms with Crippen molar-refractivity contribution in [1.29, 1.82) is 0 Å². The predicted molar refractivity (Wildman–Crippen MR) is 146 cm³/mol. The molecule has 0 aliphatic rings. The van der Waals surface area contributed by atoms with Crippen LogP contribution >= 0.6 is 0 Å². The number of carbonyl (C=O) groups is 3. The van der Waals surface area contributed by atoms with Crippen LogP contribution in [-0.2, 0) is 27.5 Å². The molecule has 0 unspecified atom stereocenters. The van der Waals surface area contributed by atoms with Crippen LogP contribution in [0.1, 0.15) is 28.5 Å². The topological polar surface area (TPSA) is 91.7 Å². The van der Waals surface area contributed by atoms with E-state index in [1.165, 1.54) is 48.7 Å². The molecule has 0 aliphatic heterocycles. The van der Waals surface area contributed by atoms with E-state index in [9.17, 15) is 23.2 Å². The number of anilines is 1. The number of halogens is 2. The van der Waals surface area contributed by atoms with Crippen molar-refractivity contribution in [3.63, 3.8) is 0 Å². The van der Waals surface area contributed by atoms with E-state index in [1.807, 2.05) is 13.0 Å². The summed E-state index contributed by atoms with van der Waals surface area (Å²) < 4.78 is 33.7. The van der Waals surface area contributed by atoms with Gasteiger partial charge in [0.2, 0.25) is 17.7 Å². The minimum Gasteiger partial charge on any atom is -0.467 e. The second-order valence-electron chi connectivity index (χ2n) is 9.00. The van der Waals surface area contributed by atoms with E-state index in [1.54, 1.807) is 36.4 Å². The Labute approximate surface area is 230 Å². The number of aryl methyl sites for hydroxylation is 1. The van der Waals surface area contributed by atoms with E-state index in [0.29, 0.717) is 17.0 Å². The number of benzene rings is 3. The fraction of sp³-hybridized carbons (Fsp3) is 0.129. The zero-order valence-corrected chi connectivity index (χ0v) is 21.6. The highest BCUT2D eigenvalue weighted by atomic mass is 19.1. The zero-order valence-electron chi connectivity index (χ0n) is 21.6. The smallest absolute Gasteiger partial charge is 0.248 e. The van der Waals surface area contributed by atoms with Crippen LogP contribution in [0.25, 0.3) is 0 Å². The molecule has 3 amide bonds.